The lowest BCUT2D eigenvalue weighted by Crippen LogP contribution is -2.36. The minimum Gasteiger partial charge on any atom is -0.342 e. The summed E-state index contributed by atoms with van der Waals surface area (Å²) in [7, 11) is -3.60. The number of carbonyl (C=O) groups excluding carboxylic acids is 1. The first-order chi connectivity index (χ1) is 12.4. The molecule has 1 fully saturated rings. The summed E-state index contributed by atoms with van der Waals surface area (Å²) in [4.78, 5) is 15.0. The first-order valence-electron chi connectivity index (χ1n) is 8.55. The molecule has 140 valence electrons. The molecule has 2 heterocycles. The van der Waals surface area contributed by atoms with Gasteiger partial charge in [-0.3, -0.25) is 4.79 Å². The van der Waals surface area contributed by atoms with Crippen LogP contribution in [0.3, 0.4) is 0 Å². The van der Waals surface area contributed by atoms with Gasteiger partial charge in [0.15, 0.2) is 0 Å². The Labute approximate surface area is 163 Å². The predicted octanol–water partition coefficient (Wildman–Crippen LogP) is 3.44. The summed E-state index contributed by atoms with van der Waals surface area (Å²) >= 11 is 6.98. The molecule has 1 saturated heterocycles. The normalized spacial score (nSPS) is 15.2. The molecule has 8 heteroatoms. The highest BCUT2D eigenvalue weighted by molar-refractivity contribution is 7.91. The van der Waals surface area contributed by atoms with Crippen LogP contribution < -0.4 is 4.72 Å². The second-order valence-corrected chi connectivity index (χ2v) is 9.89. The molecule has 5 nitrogen and oxygen atoms in total. The number of sulfonamides is 1. The highest BCUT2D eigenvalue weighted by atomic mass is 35.5. The minimum absolute atomic E-state index is 0.0737. The molecule has 2 aromatic rings. The van der Waals surface area contributed by atoms with Crippen LogP contribution in [0, 0.1) is 0 Å². The maximum Gasteiger partial charge on any atom is 0.250 e. The monoisotopic (exact) mass is 412 g/mol. The standard InChI is InChI=1S/C18H21ClN2O3S2/c19-15-6-4-14(5-7-15)13-20-26(23,24)18-9-8-16(25-18)12-17(22)21-10-2-1-3-11-21/h4-9,20H,1-3,10-13H2. The van der Waals surface area contributed by atoms with E-state index in [1.165, 1.54) is 6.42 Å². The van der Waals surface area contributed by atoms with Gasteiger partial charge in [-0.25, -0.2) is 13.1 Å². The average Bonchev–Trinajstić information content (AvgIpc) is 3.11. The molecule has 0 saturated carbocycles. The molecule has 26 heavy (non-hydrogen) atoms. The fraction of sp³-hybridized carbons (Fsp3) is 0.389. The van der Waals surface area contributed by atoms with Crippen molar-refractivity contribution in [3.63, 3.8) is 0 Å². The number of nitrogens with zero attached hydrogens (tertiary/aromatic N) is 1. The summed E-state index contributed by atoms with van der Waals surface area (Å²) in [5.41, 5.74) is 0.829. The van der Waals surface area contributed by atoms with Crippen LogP contribution in [-0.2, 0) is 27.8 Å². The van der Waals surface area contributed by atoms with Crippen LogP contribution in [0.15, 0.2) is 40.6 Å². The third kappa shape index (κ3) is 5.07. The third-order valence-electron chi connectivity index (χ3n) is 4.32. The van der Waals surface area contributed by atoms with Gasteiger partial charge in [-0.05, 0) is 49.1 Å². The van der Waals surface area contributed by atoms with Gasteiger partial charge in [0.2, 0.25) is 15.9 Å². The zero-order chi connectivity index (χ0) is 18.6. The Morgan fingerprint density at radius 1 is 1.08 bits per heavy atom. The van der Waals surface area contributed by atoms with Crippen LogP contribution in [0.1, 0.15) is 29.7 Å². The van der Waals surface area contributed by atoms with E-state index in [1.807, 2.05) is 4.90 Å². The van der Waals surface area contributed by atoms with Crippen molar-refractivity contribution >= 4 is 38.9 Å². The Hall–Kier alpha value is -1.41. The van der Waals surface area contributed by atoms with Crippen LogP contribution in [-0.4, -0.2) is 32.3 Å². The van der Waals surface area contributed by atoms with Crippen LogP contribution in [0.2, 0.25) is 5.02 Å². The van der Waals surface area contributed by atoms with Crippen LogP contribution in [0.25, 0.3) is 0 Å². The molecule has 1 aromatic carbocycles. The van der Waals surface area contributed by atoms with Gasteiger partial charge in [0, 0.05) is 29.5 Å². The van der Waals surface area contributed by atoms with E-state index in [2.05, 4.69) is 4.72 Å². The fourth-order valence-corrected chi connectivity index (χ4v) is 5.39. The number of likely N-dealkylation sites (tertiary alicyclic amines) is 1. The number of hydrogen-bond donors (Lipinski definition) is 1. The first-order valence-corrected chi connectivity index (χ1v) is 11.2. The minimum atomic E-state index is -3.60. The number of carbonyl (C=O) groups is 1. The van der Waals surface area contributed by atoms with Crippen molar-refractivity contribution in [2.45, 2.75) is 36.4 Å². The topological polar surface area (TPSA) is 66.5 Å². The van der Waals surface area contributed by atoms with Crippen molar-refractivity contribution in [3.05, 3.63) is 51.9 Å². The van der Waals surface area contributed by atoms with E-state index in [-0.39, 0.29) is 23.1 Å². The van der Waals surface area contributed by atoms with Crippen LogP contribution in [0.5, 0.6) is 0 Å². The van der Waals surface area contributed by atoms with Gasteiger partial charge in [0.25, 0.3) is 0 Å². The molecule has 1 aliphatic rings. The van der Waals surface area contributed by atoms with Crippen molar-refractivity contribution in [3.8, 4) is 0 Å². The van der Waals surface area contributed by atoms with E-state index in [0.29, 0.717) is 5.02 Å². The van der Waals surface area contributed by atoms with Gasteiger partial charge in [0.05, 0.1) is 6.42 Å². The largest absolute Gasteiger partial charge is 0.342 e. The molecule has 1 aromatic heterocycles. The fourth-order valence-electron chi connectivity index (χ4n) is 2.85. The maximum absolute atomic E-state index is 12.5. The van der Waals surface area contributed by atoms with E-state index < -0.39 is 10.0 Å². The van der Waals surface area contributed by atoms with E-state index in [0.717, 1.165) is 47.7 Å². The molecule has 0 aliphatic carbocycles. The Kier molecular flexibility index (Phi) is 6.34. The summed E-state index contributed by atoms with van der Waals surface area (Å²) in [6.45, 7) is 1.80. The van der Waals surface area contributed by atoms with Crippen molar-refractivity contribution in [1.82, 2.24) is 9.62 Å². The van der Waals surface area contributed by atoms with E-state index in [4.69, 9.17) is 11.6 Å². The molecule has 1 aliphatic heterocycles. The van der Waals surface area contributed by atoms with Crippen molar-refractivity contribution in [2.24, 2.45) is 0 Å². The van der Waals surface area contributed by atoms with Crippen molar-refractivity contribution < 1.29 is 13.2 Å². The Morgan fingerprint density at radius 3 is 2.46 bits per heavy atom. The Bertz CT molecular complexity index is 857. The second-order valence-electron chi connectivity index (χ2n) is 6.29. The lowest BCUT2D eigenvalue weighted by Gasteiger charge is -2.26. The highest BCUT2D eigenvalue weighted by Crippen LogP contribution is 2.23. The lowest BCUT2D eigenvalue weighted by atomic mass is 10.1. The maximum atomic E-state index is 12.5. The molecular weight excluding hydrogens is 392 g/mol. The number of nitrogens with one attached hydrogen (secondary N) is 1. The molecule has 0 bridgehead atoms. The summed E-state index contributed by atoms with van der Waals surface area (Å²) in [5, 5.41) is 0.609. The second kappa shape index (κ2) is 8.52. The lowest BCUT2D eigenvalue weighted by molar-refractivity contribution is -0.131. The number of thiophene rings is 1. The Morgan fingerprint density at radius 2 is 1.77 bits per heavy atom. The summed E-state index contributed by atoms with van der Waals surface area (Å²) < 4.78 is 27.7. The molecule has 1 N–H and O–H groups in total. The number of halogens is 1. The van der Waals surface area contributed by atoms with Crippen LogP contribution >= 0.6 is 22.9 Å². The van der Waals surface area contributed by atoms with E-state index in [9.17, 15) is 13.2 Å². The molecule has 3 rings (SSSR count). The third-order valence-corrected chi connectivity index (χ3v) is 7.55. The molecule has 0 radical (unpaired) electrons. The quantitative estimate of drug-likeness (QED) is 0.790. The van der Waals surface area contributed by atoms with Gasteiger partial charge in [-0.2, -0.15) is 0 Å². The molecule has 0 spiro atoms. The average molecular weight is 413 g/mol. The summed E-state index contributed by atoms with van der Waals surface area (Å²) in [6.07, 6.45) is 3.52. The smallest absolute Gasteiger partial charge is 0.250 e. The summed E-state index contributed by atoms with van der Waals surface area (Å²) in [6, 6.07) is 10.3. The SMILES string of the molecule is O=C(Cc1ccc(S(=O)(=O)NCc2ccc(Cl)cc2)s1)N1CCCCC1. The predicted molar refractivity (Wildman–Crippen MR) is 104 cm³/mol. The first kappa shape index (κ1) is 19.4. The molecular formula is C18H21ClN2O3S2. The Balaban J connectivity index is 1.60. The van der Waals surface area contributed by atoms with Crippen LogP contribution in [0.4, 0.5) is 0 Å². The summed E-state index contributed by atoms with van der Waals surface area (Å²) in [5.74, 6) is 0.0737. The number of benzene rings is 1. The van der Waals surface area contributed by atoms with Gasteiger partial charge in [0.1, 0.15) is 4.21 Å². The number of rotatable bonds is 6. The zero-order valence-electron chi connectivity index (χ0n) is 14.3. The van der Waals surface area contributed by atoms with E-state index >= 15 is 0 Å². The molecule has 0 unspecified atom stereocenters. The number of amides is 1. The molecule has 1 amide bonds. The van der Waals surface area contributed by atoms with Gasteiger partial charge in [-0.15, -0.1) is 11.3 Å². The van der Waals surface area contributed by atoms with E-state index in [1.54, 1.807) is 36.4 Å². The van der Waals surface area contributed by atoms with Crippen molar-refractivity contribution in [2.75, 3.05) is 13.1 Å². The van der Waals surface area contributed by atoms with Gasteiger partial charge >= 0.3 is 0 Å². The van der Waals surface area contributed by atoms with Crippen molar-refractivity contribution in [1.29, 1.82) is 0 Å². The molecule has 0 atom stereocenters. The van der Waals surface area contributed by atoms with Gasteiger partial charge < -0.3 is 4.90 Å². The highest BCUT2D eigenvalue weighted by Gasteiger charge is 2.20. The van der Waals surface area contributed by atoms with Gasteiger partial charge in [-0.1, -0.05) is 23.7 Å². The number of piperidine rings is 1. The number of hydrogen-bond acceptors (Lipinski definition) is 4. The zero-order valence-corrected chi connectivity index (χ0v) is 16.7.